The molecule has 6 heteroatoms. The molecule has 2 heterocycles. The van der Waals surface area contributed by atoms with Crippen LogP contribution in [0, 0.1) is 5.92 Å². The highest BCUT2D eigenvalue weighted by molar-refractivity contribution is 7.18. The molecule has 1 fully saturated rings. The van der Waals surface area contributed by atoms with E-state index in [9.17, 15) is 9.59 Å². The first-order chi connectivity index (χ1) is 9.60. The van der Waals surface area contributed by atoms with E-state index in [2.05, 4.69) is 5.32 Å². The van der Waals surface area contributed by atoms with Crippen molar-refractivity contribution in [2.24, 2.45) is 5.92 Å². The number of likely N-dealkylation sites (tertiary alicyclic amines) is 1. The van der Waals surface area contributed by atoms with Gasteiger partial charge in [-0.05, 0) is 37.3 Å². The largest absolute Gasteiger partial charge is 0.396 e. The summed E-state index contributed by atoms with van der Waals surface area (Å²) < 4.78 is 0. The molecule has 1 aliphatic rings. The van der Waals surface area contributed by atoms with Crippen LogP contribution in [-0.2, 0) is 4.79 Å². The minimum absolute atomic E-state index is 0.0224. The summed E-state index contributed by atoms with van der Waals surface area (Å²) in [6.07, 6.45) is 2.82. The maximum Gasteiger partial charge on any atom is 0.264 e. The number of rotatable bonds is 4. The number of nitrogens with zero attached hydrogens (tertiary/aromatic N) is 1. The quantitative estimate of drug-likeness (QED) is 0.892. The summed E-state index contributed by atoms with van der Waals surface area (Å²) in [5, 5.41) is 12.4. The van der Waals surface area contributed by atoms with E-state index in [-0.39, 0.29) is 18.4 Å². The van der Waals surface area contributed by atoms with Gasteiger partial charge < -0.3 is 15.3 Å². The van der Waals surface area contributed by atoms with E-state index in [4.69, 9.17) is 5.11 Å². The zero-order valence-electron chi connectivity index (χ0n) is 11.6. The predicted octanol–water partition coefficient (Wildman–Crippen LogP) is 1.94. The molecule has 2 rings (SSSR count). The van der Waals surface area contributed by atoms with E-state index < -0.39 is 0 Å². The number of aliphatic hydroxyl groups is 1. The summed E-state index contributed by atoms with van der Waals surface area (Å²) in [7, 11) is 0. The van der Waals surface area contributed by atoms with Crippen LogP contribution in [0.25, 0.3) is 0 Å². The van der Waals surface area contributed by atoms with Gasteiger partial charge >= 0.3 is 0 Å². The normalized spacial score (nSPS) is 18.9. The second kappa shape index (κ2) is 6.85. The van der Waals surface area contributed by atoms with Crippen LogP contribution < -0.4 is 5.32 Å². The number of nitrogens with one attached hydrogen (secondary N) is 1. The first-order valence-corrected chi connectivity index (χ1v) is 7.69. The average molecular weight is 296 g/mol. The van der Waals surface area contributed by atoms with Crippen molar-refractivity contribution in [1.82, 2.24) is 4.90 Å². The fraction of sp³-hybridized carbons (Fsp3) is 0.571. The van der Waals surface area contributed by atoms with Gasteiger partial charge in [0.1, 0.15) is 0 Å². The Bertz CT molecular complexity index is 485. The van der Waals surface area contributed by atoms with E-state index in [1.54, 1.807) is 12.1 Å². The predicted molar refractivity (Wildman–Crippen MR) is 79.0 cm³/mol. The van der Waals surface area contributed by atoms with Crippen molar-refractivity contribution < 1.29 is 14.7 Å². The number of carbonyl (C=O) groups is 2. The number of amides is 2. The van der Waals surface area contributed by atoms with Crippen LogP contribution in [0.5, 0.6) is 0 Å². The Labute approximate surface area is 122 Å². The molecule has 0 saturated carbocycles. The first kappa shape index (κ1) is 15.0. The number of anilines is 1. The number of carbonyl (C=O) groups excluding carboxylic acids is 2. The second-order valence-electron chi connectivity index (χ2n) is 5.12. The lowest BCUT2D eigenvalue weighted by Crippen LogP contribution is -2.39. The van der Waals surface area contributed by atoms with Crippen LogP contribution in [0.4, 0.5) is 5.00 Å². The molecular formula is C14H20N2O3S. The number of aliphatic hydroxyl groups excluding tert-OH is 1. The molecule has 1 aliphatic heterocycles. The highest BCUT2D eigenvalue weighted by Crippen LogP contribution is 2.26. The number of piperidine rings is 1. The van der Waals surface area contributed by atoms with Crippen molar-refractivity contribution in [3.8, 4) is 0 Å². The topological polar surface area (TPSA) is 69.6 Å². The van der Waals surface area contributed by atoms with Gasteiger partial charge in [0.2, 0.25) is 5.91 Å². The Morgan fingerprint density at radius 3 is 3.00 bits per heavy atom. The average Bonchev–Trinajstić information content (AvgIpc) is 2.86. The summed E-state index contributed by atoms with van der Waals surface area (Å²) in [5.74, 6) is 0.286. The van der Waals surface area contributed by atoms with Crippen LogP contribution in [0.15, 0.2) is 12.1 Å². The lowest BCUT2D eigenvalue weighted by atomic mass is 9.95. The summed E-state index contributed by atoms with van der Waals surface area (Å²) in [6, 6.07) is 3.52. The fourth-order valence-electron chi connectivity index (χ4n) is 2.52. The zero-order valence-corrected chi connectivity index (χ0v) is 12.4. The fourth-order valence-corrected chi connectivity index (χ4v) is 3.44. The Morgan fingerprint density at radius 2 is 2.30 bits per heavy atom. The number of hydrogen-bond donors (Lipinski definition) is 2. The van der Waals surface area contributed by atoms with Crippen LogP contribution in [0.3, 0.4) is 0 Å². The third-order valence-electron chi connectivity index (χ3n) is 3.46. The van der Waals surface area contributed by atoms with E-state index in [0.29, 0.717) is 22.3 Å². The molecule has 20 heavy (non-hydrogen) atoms. The van der Waals surface area contributed by atoms with Crippen molar-refractivity contribution >= 4 is 28.2 Å². The lowest BCUT2D eigenvalue weighted by molar-refractivity contribution is -0.114. The highest BCUT2D eigenvalue weighted by Gasteiger charge is 2.25. The van der Waals surface area contributed by atoms with Crippen molar-refractivity contribution in [1.29, 1.82) is 0 Å². The van der Waals surface area contributed by atoms with Gasteiger partial charge in [0.05, 0.1) is 9.88 Å². The second-order valence-corrected chi connectivity index (χ2v) is 6.20. The SMILES string of the molecule is CC(=O)Nc1ccc(C(=O)N2CCCC(CCO)C2)s1. The van der Waals surface area contributed by atoms with Crippen molar-refractivity contribution in [3.63, 3.8) is 0 Å². The molecule has 0 aliphatic carbocycles. The van der Waals surface area contributed by atoms with E-state index in [0.717, 1.165) is 25.8 Å². The molecule has 1 atom stereocenters. The highest BCUT2D eigenvalue weighted by atomic mass is 32.1. The Balaban J connectivity index is 1.99. The van der Waals surface area contributed by atoms with Crippen LogP contribution >= 0.6 is 11.3 Å². The van der Waals surface area contributed by atoms with Gasteiger partial charge in [0.15, 0.2) is 0 Å². The van der Waals surface area contributed by atoms with E-state index in [1.807, 2.05) is 4.90 Å². The molecule has 110 valence electrons. The molecule has 0 bridgehead atoms. The van der Waals surface area contributed by atoms with Crippen LogP contribution in [0.1, 0.15) is 35.9 Å². The maximum absolute atomic E-state index is 12.4. The minimum atomic E-state index is -0.133. The number of thiophene rings is 1. The molecule has 2 N–H and O–H groups in total. The zero-order chi connectivity index (χ0) is 14.5. The summed E-state index contributed by atoms with van der Waals surface area (Å²) >= 11 is 1.31. The smallest absolute Gasteiger partial charge is 0.264 e. The Hall–Kier alpha value is -1.40. The van der Waals surface area contributed by atoms with Gasteiger partial charge in [0, 0.05) is 26.6 Å². The van der Waals surface area contributed by atoms with Gasteiger partial charge in [-0.2, -0.15) is 0 Å². The van der Waals surface area contributed by atoms with Gasteiger partial charge in [-0.15, -0.1) is 11.3 Å². The molecule has 1 aromatic rings. The van der Waals surface area contributed by atoms with Crippen LogP contribution in [-0.4, -0.2) is 41.5 Å². The summed E-state index contributed by atoms with van der Waals surface area (Å²) in [6.45, 7) is 3.12. The summed E-state index contributed by atoms with van der Waals surface area (Å²) in [5.41, 5.74) is 0. The molecule has 1 unspecified atom stereocenters. The summed E-state index contributed by atoms with van der Waals surface area (Å²) in [4.78, 5) is 25.9. The monoisotopic (exact) mass is 296 g/mol. The minimum Gasteiger partial charge on any atom is -0.396 e. The van der Waals surface area contributed by atoms with Gasteiger partial charge in [0.25, 0.3) is 5.91 Å². The standard InChI is InChI=1S/C14H20N2O3S/c1-10(18)15-13-5-4-12(20-13)14(19)16-7-2-3-11(9-16)6-8-17/h4-5,11,17H,2-3,6-9H2,1H3,(H,15,18). The Morgan fingerprint density at radius 1 is 1.50 bits per heavy atom. The van der Waals surface area contributed by atoms with E-state index in [1.165, 1.54) is 18.3 Å². The lowest BCUT2D eigenvalue weighted by Gasteiger charge is -2.32. The Kier molecular flexibility index (Phi) is 5.14. The molecule has 5 nitrogen and oxygen atoms in total. The molecule has 0 radical (unpaired) electrons. The van der Waals surface area contributed by atoms with Gasteiger partial charge in [-0.25, -0.2) is 0 Å². The van der Waals surface area contributed by atoms with Crippen molar-refractivity contribution in [2.75, 3.05) is 25.0 Å². The van der Waals surface area contributed by atoms with Gasteiger partial charge in [-0.1, -0.05) is 0 Å². The molecule has 1 saturated heterocycles. The number of hydrogen-bond acceptors (Lipinski definition) is 4. The van der Waals surface area contributed by atoms with Gasteiger partial charge in [-0.3, -0.25) is 9.59 Å². The molecule has 2 amide bonds. The van der Waals surface area contributed by atoms with Crippen LogP contribution in [0.2, 0.25) is 0 Å². The van der Waals surface area contributed by atoms with E-state index >= 15 is 0 Å². The molecule has 0 aromatic carbocycles. The molecule has 0 spiro atoms. The molecular weight excluding hydrogens is 276 g/mol. The van der Waals surface area contributed by atoms with Crippen molar-refractivity contribution in [3.05, 3.63) is 17.0 Å². The first-order valence-electron chi connectivity index (χ1n) is 6.87. The third kappa shape index (κ3) is 3.80. The maximum atomic E-state index is 12.4. The molecule has 1 aromatic heterocycles. The van der Waals surface area contributed by atoms with Crippen molar-refractivity contribution in [2.45, 2.75) is 26.2 Å². The third-order valence-corrected chi connectivity index (χ3v) is 4.45.